The van der Waals surface area contributed by atoms with Gasteiger partial charge in [0.2, 0.25) is 5.91 Å². The molecular weight excluding hydrogens is 718 g/mol. The van der Waals surface area contributed by atoms with E-state index in [1.807, 2.05) is 0 Å². The Kier molecular flexibility index (Phi) is 15.4. The Labute approximate surface area is 295 Å². The van der Waals surface area contributed by atoms with Crippen LogP contribution in [0.2, 0.25) is 0 Å². The predicted molar refractivity (Wildman–Crippen MR) is 160 cm³/mol. The van der Waals surface area contributed by atoms with Gasteiger partial charge in [-0.2, -0.15) is 0 Å². The van der Waals surface area contributed by atoms with Crippen LogP contribution < -0.4 is 5.32 Å². The van der Waals surface area contributed by atoms with Gasteiger partial charge in [-0.15, -0.1) is 10.5 Å². The summed E-state index contributed by atoms with van der Waals surface area (Å²) in [6.07, 6.45) is -32.6. The van der Waals surface area contributed by atoms with Crippen LogP contribution in [0, 0.1) is 0 Å². The molecule has 0 radical (unpaired) electrons. The molecule has 52 heavy (non-hydrogen) atoms. The van der Waals surface area contributed by atoms with Crippen LogP contribution in [0.15, 0.2) is 0 Å². The SMILES string of the molecule is CC(=O)N[C@H]1[C@H](O[C@@H]2[C@H]([O+](C)O)[C@@H](O)[C@H](O[C@H]3[C@H](O)[C@@H](O)[C@H](O)O[C@@H]3CO)O[C@@H]2CO)O[C@H](CO)[C@H](O)[C@@H]1O[C@@H]1O[C@H](CO)[C@H](O)[C@H]([O+](C)O)[C@H]1O. The van der Waals surface area contributed by atoms with Gasteiger partial charge in [-0.05, 0) is 0 Å². The van der Waals surface area contributed by atoms with Crippen LogP contribution in [-0.4, -0.2) is 236 Å². The van der Waals surface area contributed by atoms with Gasteiger partial charge in [-0.3, -0.25) is 4.79 Å². The standard InChI is InChI=1S/C28H50NO23/c1-8(34)29-13-22(50-27-18(39)23(51(2)42)15(36)10(5-31)46-27)14(35)9(4-30)45-26(13)49-21-12(7-33)47-28(19(40)24(21)52(3)43)48-20-11(6-32)44-25(41)17(38)16(20)37/h9-28,30-33,35-43H,4-7H2,1-3H3/q+1/p+1/t9-,10-,11-,12-,13-,14+,15+,16-,17-,18-,19-,20-,21+,22-,23+,24-,25-,26+,27+,28+/m1/s1. The van der Waals surface area contributed by atoms with Crippen molar-refractivity contribution in [2.75, 3.05) is 40.6 Å². The second-order valence-corrected chi connectivity index (χ2v) is 12.9. The molecule has 0 saturated carbocycles. The van der Waals surface area contributed by atoms with Gasteiger partial charge in [-0.25, -0.2) is 9.04 Å². The molecule has 24 nitrogen and oxygen atoms in total. The molecule has 4 heterocycles. The Morgan fingerprint density at radius 2 is 1.00 bits per heavy atom. The van der Waals surface area contributed by atoms with E-state index in [0.29, 0.717) is 0 Å². The minimum absolute atomic E-state index is 0.751. The zero-order valence-electron chi connectivity index (χ0n) is 28.3. The first kappa shape index (κ1) is 43.3. The highest BCUT2D eigenvalue weighted by atomic mass is 17.2. The first-order valence-electron chi connectivity index (χ1n) is 16.2. The third-order valence-electron chi connectivity index (χ3n) is 9.34. The molecule has 20 atom stereocenters. The lowest BCUT2D eigenvalue weighted by molar-refractivity contribution is -0.493. The maximum Gasteiger partial charge on any atom is 0.254 e. The summed E-state index contributed by atoms with van der Waals surface area (Å²) in [6.45, 7) is -2.37. The lowest BCUT2D eigenvalue weighted by atomic mass is 9.94. The van der Waals surface area contributed by atoms with Gasteiger partial charge in [0, 0.05) is 6.92 Å². The topological polar surface area (TPSA) is 362 Å². The van der Waals surface area contributed by atoms with E-state index in [1.165, 1.54) is 9.04 Å². The van der Waals surface area contributed by atoms with E-state index in [1.54, 1.807) is 0 Å². The van der Waals surface area contributed by atoms with Crippen molar-refractivity contribution in [1.82, 2.24) is 5.32 Å². The fraction of sp³-hybridized carbons (Fsp3) is 0.964. The second kappa shape index (κ2) is 18.5. The van der Waals surface area contributed by atoms with Gasteiger partial charge in [0.25, 0.3) is 12.2 Å². The summed E-state index contributed by atoms with van der Waals surface area (Å²) < 4.78 is 42.5. The van der Waals surface area contributed by atoms with E-state index in [0.717, 1.165) is 21.1 Å². The van der Waals surface area contributed by atoms with Gasteiger partial charge in [0.05, 0.1) is 26.4 Å². The molecule has 1 amide bonds. The molecular formula is C28H51NO23+2. The molecule has 0 aromatic rings. The zero-order chi connectivity index (χ0) is 38.8. The van der Waals surface area contributed by atoms with Crippen molar-refractivity contribution in [3.05, 3.63) is 0 Å². The summed E-state index contributed by atoms with van der Waals surface area (Å²) in [5, 5.41) is 137. The molecule has 14 N–H and O–H groups in total. The van der Waals surface area contributed by atoms with Gasteiger partial charge in [0.1, 0.15) is 61.0 Å². The molecule has 0 spiro atoms. The first-order valence-corrected chi connectivity index (χ1v) is 16.2. The van der Waals surface area contributed by atoms with Crippen molar-refractivity contribution >= 4 is 5.91 Å². The van der Waals surface area contributed by atoms with E-state index in [2.05, 4.69) is 5.32 Å². The Bertz CT molecular complexity index is 1120. The fourth-order valence-corrected chi connectivity index (χ4v) is 6.71. The summed E-state index contributed by atoms with van der Waals surface area (Å²) in [6, 6.07) is -1.59. The van der Waals surface area contributed by atoms with Crippen molar-refractivity contribution in [3.8, 4) is 0 Å². The molecule has 24 heteroatoms. The van der Waals surface area contributed by atoms with Crippen molar-refractivity contribution < 1.29 is 114 Å². The largest absolute Gasteiger partial charge is 0.394 e. The smallest absolute Gasteiger partial charge is 0.254 e. The molecule has 0 bridgehead atoms. The van der Waals surface area contributed by atoms with Crippen LogP contribution in [-0.2, 0) is 47.0 Å². The summed E-state index contributed by atoms with van der Waals surface area (Å²) >= 11 is 0. The lowest BCUT2D eigenvalue weighted by Gasteiger charge is -2.49. The Balaban J connectivity index is 1.63. The van der Waals surface area contributed by atoms with Gasteiger partial charge >= 0.3 is 0 Å². The van der Waals surface area contributed by atoms with Crippen LogP contribution >= 0.6 is 0 Å². The van der Waals surface area contributed by atoms with Crippen molar-refractivity contribution in [2.45, 2.75) is 130 Å². The number of carbonyl (C=O) groups is 1. The van der Waals surface area contributed by atoms with Crippen molar-refractivity contribution in [2.24, 2.45) is 0 Å². The number of nitrogens with one attached hydrogen (secondary N) is 1. The number of ether oxygens (including phenoxy) is 7. The van der Waals surface area contributed by atoms with Crippen LogP contribution in [0.4, 0.5) is 0 Å². The van der Waals surface area contributed by atoms with E-state index in [-0.39, 0.29) is 0 Å². The van der Waals surface area contributed by atoms with E-state index in [9.17, 15) is 71.5 Å². The fourth-order valence-electron chi connectivity index (χ4n) is 6.71. The molecule has 4 aliphatic rings. The molecule has 0 aliphatic carbocycles. The number of aliphatic hydroxyl groups is 11. The van der Waals surface area contributed by atoms with Crippen molar-refractivity contribution in [1.29, 1.82) is 0 Å². The Morgan fingerprint density at radius 1 is 0.558 bits per heavy atom. The molecule has 4 fully saturated rings. The summed E-state index contributed by atoms with van der Waals surface area (Å²) in [5.74, 6) is -0.751. The maximum atomic E-state index is 12.4. The van der Waals surface area contributed by atoms with E-state index >= 15 is 0 Å². The molecule has 4 saturated heterocycles. The van der Waals surface area contributed by atoms with Crippen LogP contribution in [0.25, 0.3) is 0 Å². The molecule has 4 aliphatic heterocycles. The van der Waals surface area contributed by atoms with E-state index in [4.69, 9.17) is 33.2 Å². The first-order chi connectivity index (χ1) is 24.5. The van der Waals surface area contributed by atoms with Crippen LogP contribution in [0.1, 0.15) is 6.92 Å². The highest BCUT2D eigenvalue weighted by Crippen LogP contribution is 2.36. The van der Waals surface area contributed by atoms with Crippen LogP contribution in [0.3, 0.4) is 0 Å². The number of amides is 1. The number of carbonyl (C=O) groups excluding carboxylic acids is 1. The molecule has 4 rings (SSSR count). The minimum Gasteiger partial charge on any atom is -0.394 e. The van der Waals surface area contributed by atoms with Gasteiger partial charge < -0.3 is 94.6 Å². The van der Waals surface area contributed by atoms with Crippen LogP contribution in [0.5, 0.6) is 0 Å². The number of aliphatic hydroxyl groups excluding tert-OH is 11. The Morgan fingerprint density at radius 3 is 1.52 bits per heavy atom. The molecule has 0 unspecified atom stereocenters. The molecule has 0 aromatic carbocycles. The molecule has 0 aromatic heterocycles. The summed E-state index contributed by atoms with van der Waals surface area (Å²) in [7, 11) is 2.02. The van der Waals surface area contributed by atoms with Gasteiger partial charge in [-0.1, -0.05) is 0 Å². The van der Waals surface area contributed by atoms with Crippen molar-refractivity contribution in [3.63, 3.8) is 0 Å². The zero-order valence-corrected chi connectivity index (χ0v) is 28.3. The Hall–Kier alpha value is -1.41. The second-order valence-electron chi connectivity index (χ2n) is 12.9. The third-order valence-corrected chi connectivity index (χ3v) is 9.34. The molecule has 304 valence electrons. The van der Waals surface area contributed by atoms with E-state index < -0.39 is 155 Å². The lowest BCUT2D eigenvalue weighted by Crippen LogP contribution is -2.70. The average molecular weight is 770 g/mol. The maximum absolute atomic E-state index is 12.4. The number of rotatable bonds is 13. The normalized spacial score (nSPS) is 47.5. The summed E-state index contributed by atoms with van der Waals surface area (Å²) in [4.78, 5) is 12.4. The summed E-state index contributed by atoms with van der Waals surface area (Å²) in [5.41, 5.74) is 0. The third kappa shape index (κ3) is 9.00. The number of hydrogen-bond acceptors (Lipinski definition) is 21. The minimum atomic E-state index is -1.96. The highest BCUT2D eigenvalue weighted by Gasteiger charge is 2.60. The monoisotopic (exact) mass is 769 g/mol. The van der Waals surface area contributed by atoms with Gasteiger partial charge in [0.15, 0.2) is 63.8 Å². The predicted octanol–water partition coefficient (Wildman–Crippen LogP) is -8.28. The average Bonchev–Trinajstić information content (AvgIpc) is 3.08. The highest BCUT2D eigenvalue weighted by molar-refractivity contribution is 5.73. The quantitative estimate of drug-likeness (QED) is 0.0470. The number of hydrogen-bond donors (Lipinski definition) is 14.